The van der Waals surface area contributed by atoms with E-state index in [1.807, 2.05) is 24.3 Å². The second-order valence-electron chi connectivity index (χ2n) is 4.08. The van der Waals surface area contributed by atoms with Crippen molar-refractivity contribution in [1.29, 1.82) is 0 Å². The Morgan fingerprint density at radius 2 is 2.00 bits per heavy atom. The molecule has 0 aliphatic heterocycles. The number of rotatable bonds is 6. The lowest BCUT2D eigenvalue weighted by atomic mass is 10.1. The van der Waals surface area contributed by atoms with Gasteiger partial charge in [-0.05, 0) is 40.6 Å². The van der Waals surface area contributed by atoms with Gasteiger partial charge in [-0.15, -0.1) is 0 Å². The number of hydrogen-bond donors (Lipinski definition) is 1. The average molecular weight is 361 g/mol. The van der Waals surface area contributed by atoms with Crippen LogP contribution in [0.5, 0.6) is 0 Å². The summed E-state index contributed by atoms with van der Waals surface area (Å²) in [6, 6.07) is 7.75. The molecule has 1 aromatic carbocycles. The summed E-state index contributed by atoms with van der Waals surface area (Å²) in [6.45, 7) is 0.481. The maximum absolute atomic E-state index is 11.9. The van der Waals surface area contributed by atoms with Gasteiger partial charge in [-0.2, -0.15) is 0 Å². The van der Waals surface area contributed by atoms with Crippen molar-refractivity contribution in [1.82, 2.24) is 4.90 Å². The number of hydrogen-bond acceptors (Lipinski definition) is 2. The summed E-state index contributed by atoms with van der Waals surface area (Å²) in [5.74, 6) is -0.807. The molecule has 0 heterocycles. The highest BCUT2D eigenvalue weighted by Crippen LogP contribution is 2.12. The van der Waals surface area contributed by atoms with E-state index in [-0.39, 0.29) is 12.3 Å². The number of aliphatic carboxylic acids is 1. The number of amides is 1. The minimum Gasteiger partial charge on any atom is -0.481 e. The first-order valence-electron chi connectivity index (χ1n) is 5.70. The number of likely N-dealkylation sites (N-methyl/N-ethyl adjacent to an activating group) is 1. The number of carbonyl (C=O) groups is 2. The molecule has 0 saturated heterocycles. The SMILES string of the molecule is CN(CCCC(=O)O)C(=O)Cc1ccccc1I. The molecule has 1 amide bonds. The normalized spacial score (nSPS) is 10.1. The lowest BCUT2D eigenvalue weighted by molar-refractivity contribution is -0.138. The fourth-order valence-electron chi connectivity index (χ4n) is 1.53. The number of carboxylic acid groups (broad SMARTS) is 1. The van der Waals surface area contributed by atoms with E-state index in [0.717, 1.165) is 9.13 Å². The molecule has 0 aliphatic carbocycles. The molecule has 0 aliphatic rings. The van der Waals surface area contributed by atoms with Crippen molar-refractivity contribution in [3.8, 4) is 0 Å². The first-order chi connectivity index (χ1) is 8.50. The fraction of sp³-hybridized carbons (Fsp3) is 0.385. The maximum Gasteiger partial charge on any atom is 0.303 e. The van der Waals surface area contributed by atoms with E-state index >= 15 is 0 Å². The second-order valence-corrected chi connectivity index (χ2v) is 5.24. The van der Waals surface area contributed by atoms with Crippen molar-refractivity contribution >= 4 is 34.5 Å². The monoisotopic (exact) mass is 361 g/mol. The Bertz CT molecular complexity index is 434. The molecule has 1 aromatic rings. The van der Waals surface area contributed by atoms with Crippen LogP contribution in [0.1, 0.15) is 18.4 Å². The van der Waals surface area contributed by atoms with Gasteiger partial charge in [0.2, 0.25) is 5.91 Å². The van der Waals surface area contributed by atoms with E-state index in [1.54, 1.807) is 11.9 Å². The smallest absolute Gasteiger partial charge is 0.303 e. The number of nitrogens with zero attached hydrogens (tertiary/aromatic N) is 1. The molecule has 1 N–H and O–H groups in total. The summed E-state index contributed by atoms with van der Waals surface area (Å²) < 4.78 is 1.07. The Morgan fingerprint density at radius 3 is 2.61 bits per heavy atom. The summed E-state index contributed by atoms with van der Waals surface area (Å²) in [5.41, 5.74) is 1.01. The van der Waals surface area contributed by atoms with Gasteiger partial charge in [-0.25, -0.2) is 0 Å². The highest BCUT2D eigenvalue weighted by molar-refractivity contribution is 14.1. The molecular formula is C13H16INO3. The van der Waals surface area contributed by atoms with Crippen LogP contribution in [0.2, 0.25) is 0 Å². The number of halogens is 1. The predicted octanol–water partition coefficient (Wildman–Crippen LogP) is 2.16. The minimum absolute atomic E-state index is 0.0181. The standard InChI is InChI=1S/C13H16INO3/c1-15(8-4-7-13(17)18)12(16)9-10-5-2-3-6-11(10)14/h2-3,5-6H,4,7-9H2,1H3,(H,17,18). The Balaban J connectivity index is 2.45. The summed E-state index contributed by atoms with van der Waals surface area (Å²) in [6.07, 6.45) is 0.951. The number of carboxylic acids is 1. The van der Waals surface area contributed by atoms with Gasteiger partial charge in [0.1, 0.15) is 0 Å². The Labute approximate surface area is 120 Å². The zero-order valence-electron chi connectivity index (χ0n) is 10.2. The van der Waals surface area contributed by atoms with Crippen molar-refractivity contribution in [2.75, 3.05) is 13.6 Å². The van der Waals surface area contributed by atoms with Crippen LogP contribution < -0.4 is 0 Å². The quantitative estimate of drug-likeness (QED) is 0.790. The molecule has 0 fully saturated rings. The Hall–Kier alpha value is -1.11. The molecular weight excluding hydrogens is 345 g/mol. The molecule has 98 valence electrons. The summed E-state index contributed by atoms with van der Waals surface area (Å²) in [4.78, 5) is 23.9. The van der Waals surface area contributed by atoms with Gasteiger partial charge in [0.25, 0.3) is 0 Å². The molecule has 1 rings (SSSR count). The van der Waals surface area contributed by atoms with E-state index in [4.69, 9.17) is 5.11 Å². The molecule has 0 unspecified atom stereocenters. The number of benzene rings is 1. The van der Waals surface area contributed by atoms with Crippen LogP contribution in [0.15, 0.2) is 24.3 Å². The van der Waals surface area contributed by atoms with E-state index in [1.165, 1.54) is 0 Å². The van der Waals surface area contributed by atoms with Gasteiger partial charge < -0.3 is 10.0 Å². The van der Waals surface area contributed by atoms with E-state index < -0.39 is 5.97 Å². The summed E-state index contributed by atoms with van der Waals surface area (Å²) >= 11 is 2.21. The lowest BCUT2D eigenvalue weighted by Crippen LogP contribution is -2.29. The molecule has 4 nitrogen and oxygen atoms in total. The van der Waals surface area contributed by atoms with Gasteiger partial charge in [-0.3, -0.25) is 9.59 Å². The van der Waals surface area contributed by atoms with Crippen molar-refractivity contribution in [3.05, 3.63) is 33.4 Å². The Kier molecular flexibility index (Phi) is 6.11. The van der Waals surface area contributed by atoms with Crippen LogP contribution >= 0.6 is 22.6 Å². The molecule has 0 aromatic heterocycles. The van der Waals surface area contributed by atoms with Crippen LogP contribution in [0.3, 0.4) is 0 Å². The van der Waals surface area contributed by atoms with Gasteiger partial charge in [-0.1, -0.05) is 18.2 Å². The summed E-state index contributed by atoms with van der Waals surface area (Å²) in [7, 11) is 1.71. The van der Waals surface area contributed by atoms with E-state index in [0.29, 0.717) is 19.4 Å². The van der Waals surface area contributed by atoms with Crippen molar-refractivity contribution < 1.29 is 14.7 Å². The molecule has 5 heteroatoms. The van der Waals surface area contributed by atoms with Crippen LogP contribution in [-0.2, 0) is 16.0 Å². The van der Waals surface area contributed by atoms with Gasteiger partial charge in [0.05, 0.1) is 6.42 Å². The highest BCUT2D eigenvalue weighted by Gasteiger charge is 2.11. The van der Waals surface area contributed by atoms with Crippen LogP contribution in [0.4, 0.5) is 0 Å². The summed E-state index contributed by atoms with van der Waals surface area (Å²) in [5, 5.41) is 8.53. The molecule has 0 atom stereocenters. The molecule has 0 bridgehead atoms. The Morgan fingerprint density at radius 1 is 1.33 bits per heavy atom. The van der Waals surface area contributed by atoms with Crippen LogP contribution in [0, 0.1) is 3.57 Å². The van der Waals surface area contributed by atoms with E-state index in [9.17, 15) is 9.59 Å². The van der Waals surface area contributed by atoms with Crippen molar-refractivity contribution in [3.63, 3.8) is 0 Å². The molecule has 0 saturated carbocycles. The number of carbonyl (C=O) groups excluding carboxylic acids is 1. The van der Waals surface area contributed by atoms with Gasteiger partial charge in [0, 0.05) is 23.6 Å². The van der Waals surface area contributed by atoms with Crippen molar-refractivity contribution in [2.24, 2.45) is 0 Å². The molecule has 0 radical (unpaired) electrons. The van der Waals surface area contributed by atoms with Crippen LogP contribution in [-0.4, -0.2) is 35.5 Å². The largest absolute Gasteiger partial charge is 0.481 e. The average Bonchev–Trinajstić information content (AvgIpc) is 2.31. The molecule has 0 spiro atoms. The van der Waals surface area contributed by atoms with Gasteiger partial charge in [0.15, 0.2) is 0 Å². The third-order valence-corrected chi connectivity index (χ3v) is 3.66. The minimum atomic E-state index is -0.826. The maximum atomic E-state index is 11.9. The highest BCUT2D eigenvalue weighted by atomic mass is 127. The van der Waals surface area contributed by atoms with Gasteiger partial charge >= 0.3 is 5.97 Å². The zero-order valence-corrected chi connectivity index (χ0v) is 12.4. The van der Waals surface area contributed by atoms with Crippen LogP contribution in [0.25, 0.3) is 0 Å². The first kappa shape index (κ1) is 14.9. The zero-order chi connectivity index (χ0) is 13.5. The third kappa shape index (κ3) is 5.03. The second kappa shape index (κ2) is 7.35. The topological polar surface area (TPSA) is 57.6 Å². The predicted molar refractivity (Wildman–Crippen MR) is 77.4 cm³/mol. The molecule has 18 heavy (non-hydrogen) atoms. The fourth-order valence-corrected chi connectivity index (χ4v) is 2.11. The first-order valence-corrected chi connectivity index (χ1v) is 6.77. The third-order valence-electron chi connectivity index (χ3n) is 2.61. The lowest BCUT2D eigenvalue weighted by Gasteiger charge is -2.17. The van der Waals surface area contributed by atoms with E-state index in [2.05, 4.69) is 22.6 Å². The van der Waals surface area contributed by atoms with Crippen molar-refractivity contribution in [2.45, 2.75) is 19.3 Å².